The van der Waals surface area contributed by atoms with Crippen molar-refractivity contribution in [1.29, 1.82) is 0 Å². The summed E-state index contributed by atoms with van der Waals surface area (Å²) in [6, 6.07) is 4.38. The van der Waals surface area contributed by atoms with Gasteiger partial charge in [0.25, 0.3) is 0 Å². The molecule has 0 aliphatic heterocycles. The maximum Gasteiger partial charge on any atom is 0.224 e. The van der Waals surface area contributed by atoms with E-state index in [0.29, 0.717) is 13.0 Å². The summed E-state index contributed by atoms with van der Waals surface area (Å²) in [5.74, 6) is 0.0213. The molecule has 1 unspecified atom stereocenters. The van der Waals surface area contributed by atoms with E-state index in [1.54, 1.807) is 6.26 Å². The Morgan fingerprint density at radius 3 is 2.70 bits per heavy atom. The van der Waals surface area contributed by atoms with Crippen LogP contribution in [0.1, 0.15) is 23.6 Å². The smallest absolute Gasteiger partial charge is 0.224 e. The van der Waals surface area contributed by atoms with E-state index in [2.05, 4.69) is 30.5 Å². The summed E-state index contributed by atoms with van der Waals surface area (Å²) in [7, 11) is 1.88. The Balaban J connectivity index is 2.10. The second-order valence-corrected chi connectivity index (χ2v) is 5.36. The van der Waals surface area contributed by atoms with Crippen LogP contribution in [0.15, 0.2) is 22.8 Å². The number of aryl methyl sites for hydroxylation is 2. The van der Waals surface area contributed by atoms with Gasteiger partial charge in [-0.3, -0.25) is 4.79 Å². The van der Waals surface area contributed by atoms with E-state index in [4.69, 9.17) is 4.42 Å². The molecule has 1 heterocycles. The van der Waals surface area contributed by atoms with Crippen molar-refractivity contribution in [3.63, 3.8) is 0 Å². The lowest BCUT2D eigenvalue weighted by Crippen LogP contribution is -2.37. The van der Waals surface area contributed by atoms with E-state index >= 15 is 0 Å². The van der Waals surface area contributed by atoms with Crippen molar-refractivity contribution in [2.45, 2.75) is 33.2 Å². The first kappa shape index (κ1) is 14.6. The van der Waals surface area contributed by atoms with Gasteiger partial charge in [-0.2, -0.15) is 0 Å². The molecule has 0 saturated heterocycles. The SMILES string of the molecule is CNC(C)CNC(=O)Cc1coc2cc(C)c(C)cc12. The number of fused-ring (bicyclic) bond motifs is 1. The molecule has 0 saturated carbocycles. The van der Waals surface area contributed by atoms with Gasteiger partial charge in [0.05, 0.1) is 12.7 Å². The Morgan fingerprint density at radius 1 is 1.30 bits per heavy atom. The van der Waals surface area contributed by atoms with Gasteiger partial charge in [0.1, 0.15) is 5.58 Å². The highest BCUT2D eigenvalue weighted by atomic mass is 16.3. The number of nitrogens with one attached hydrogen (secondary N) is 2. The third-order valence-electron chi connectivity index (χ3n) is 3.72. The van der Waals surface area contributed by atoms with Gasteiger partial charge < -0.3 is 15.1 Å². The highest BCUT2D eigenvalue weighted by Gasteiger charge is 2.12. The van der Waals surface area contributed by atoms with Crippen molar-refractivity contribution in [2.24, 2.45) is 0 Å². The Labute approximate surface area is 119 Å². The van der Waals surface area contributed by atoms with E-state index in [1.165, 1.54) is 11.1 Å². The Kier molecular flexibility index (Phi) is 4.45. The maximum absolute atomic E-state index is 11.9. The third-order valence-corrected chi connectivity index (χ3v) is 3.72. The van der Waals surface area contributed by atoms with Gasteiger partial charge >= 0.3 is 0 Å². The van der Waals surface area contributed by atoms with Gasteiger partial charge in [-0.25, -0.2) is 0 Å². The standard InChI is InChI=1S/C16H22N2O2/c1-10-5-14-13(9-20-15(14)6-11(10)2)7-16(19)18-8-12(3)17-4/h5-6,9,12,17H,7-8H2,1-4H3,(H,18,19). The first-order valence-corrected chi connectivity index (χ1v) is 6.92. The van der Waals surface area contributed by atoms with Crippen molar-refractivity contribution in [3.8, 4) is 0 Å². The number of hydrogen-bond acceptors (Lipinski definition) is 3. The van der Waals surface area contributed by atoms with Crippen molar-refractivity contribution in [2.75, 3.05) is 13.6 Å². The summed E-state index contributed by atoms with van der Waals surface area (Å²) in [6.45, 7) is 6.78. The minimum atomic E-state index is 0.0213. The molecule has 0 radical (unpaired) electrons. The number of furan rings is 1. The van der Waals surface area contributed by atoms with Gasteiger partial charge in [0.2, 0.25) is 5.91 Å². The largest absolute Gasteiger partial charge is 0.464 e. The molecule has 0 fully saturated rings. The van der Waals surface area contributed by atoms with Crippen LogP contribution in [0.4, 0.5) is 0 Å². The Hall–Kier alpha value is -1.81. The lowest BCUT2D eigenvalue weighted by molar-refractivity contribution is -0.120. The van der Waals surface area contributed by atoms with Crippen LogP contribution in [0.25, 0.3) is 11.0 Å². The summed E-state index contributed by atoms with van der Waals surface area (Å²) in [5, 5.41) is 7.04. The van der Waals surface area contributed by atoms with Crippen LogP contribution in [0.5, 0.6) is 0 Å². The van der Waals surface area contributed by atoms with Crippen LogP contribution in [0.2, 0.25) is 0 Å². The van der Waals surface area contributed by atoms with Crippen molar-refractivity contribution in [3.05, 3.63) is 35.1 Å². The fourth-order valence-corrected chi connectivity index (χ4v) is 2.08. The summed E-state index contributed by atoms with van der Waals surface area (Å²) >= 11 is 0. The zero-order valence-corrected chi connectivity index (χ0v) is 12.5. The molecule has 0 aliphatic rings. The normalized spacial score (nSPS) is 12.6. The third kappa shape index (κ3) is 3.20. The highest BCUT2D eigenvalue weighted by molar-refractivity contribution is 5.88. The zero-order chi connectivity index (χ0) is 14.7. The summed E-state index contributed by atoms with van der Waals surface area (Å²) < 4.78 is 5.54. The fourth-order valence-electron chi connectivity index (χ4n) is 2.08. The number of likely N-dealkylation sites (N-methyl/N-ethyl adjacent to an activating group) is 1. The van der Waals surface area contributed by atoms with Gasteiger partial charge in [-0.05, 0) is 51.1 Å². The first-order valence-electron chi connectivity index (χ1n) is 6.92. The summed E-state index contributed by atoms with van der Waals surface area (Å²) in [4.78, 5) is 11.9. The van der Waals surface area contributed by atoms with E-state index < -0.39 is 0 Å². The molecule has 0 aliphatic carbocycles. The lowest BCUT2D eigenvalue weighted by Gasteiger charge is -2.11. The van der Waals surface area contributed by atoms with Crippen LogP contribution < -0.4 is 10.6 Å². The molecule has 108 valence electrons. The maximum atomic E-state index is 11.9. The van der Waals surface area contributed by atoms with Gasteiger partial charge in [0.15, 0.2) is 0 Å². The monoisotopic (exact) mass is 274 g/mol. The molecule has 2 rings (SSSR count). The van der Waals surface area contributed by atoms with Gasteiger partial charge in [-0.1, -0.05) is 0 Å². The average Bonchev–Trinajstić information content (AvgIpc) is 2.79. The second-order valence-electron chi connectivity index (χ2n) is 5.36. The molecule has 1 amide bonds. The number of carbonyl (C=O) groups is 1. The van der Waals surface area contributed by atoms with Gasteiger partial charge in [0, 0.05) is 23.5 Å². The molecule has 0 bridgehead atoms. The van der Waals surface area contributed by atoms with Crippen molar-refractivity contribution >= 4 is 16.9 Å². The van der Waals surface area contributed by atoms with Crippen LogP contribution in [0.3, 0.4) is 0 Å². The number of benzene rings is 1. The zero-order valence-electron chi connectivity index (χ0n) is 12.5. The molecule has 4 heteroatoms. The number of rotatable bonds is 5. The van der Waals surface area contributed by atoms with Gasteiger partial charge in [-0.15, -0.1) is 0 Å². The minimum absolute atomic E-state index is 0.0213. The molecule has 2 aromatic rings. The predicted molar refractivity (Wildman–Crippen MR) is 80.9 cm³/mol. The van der Waals surface area contributed by atoms with E-state index in [-0.39, 0.29) is 11.9 Å². The molecule has 2 N–H and O–H groups in total. The molecule has 1 aromatic carbocycles. The average molecular weight is 274 g/mol. The molecule has 0 spiro atoms. The quantitative estimate of drug-likeness (QED) is 0.879. The van der Waals surface area contributed by atoms with Crippen molar-refractivity contribution < 1.29 is 9.21 Å². The summed E-state index contributed by atoms with van der Waals surface area (Å²) in [6.07, 6.45) is 2.04. The Morgan fingerprint density at radius 2 is 2.00 bits per heavy atom. The number of hydrogen-bond donors (Lipinski definition) is 2. The molecule has 20 heavy (non-hydrogen) atoms. The fraction of sp³-hybridized carbons (Fsp3) is 0.438. The predicted octanol–water partition coefficient (Wildman–Crippen LogP) is 2.32. The van der Waals surface area contributed by atoms with Crippen LogP contribution in [-0.4, -0.2) is 25.5 Å². The molecule has 1 atom stereocenters. The topological polar surface area (TPSA) is 54.3 Å². The molecule has 1 aromatic heterocycles. The van der Waals surface area contributed by atoms with E-state index in [0.717, 1.165) is 16.5 Å². The minimum Gasteiger partial charge on any atom is -0.464 e. The highest BCUT2D eigenvalue weighted by Crippen LogP contribution is 2.25. The number of carbonyl (C=O) groups excluding carboxylic acids is 1. The molecular weight excluding hydrogens is 252 g/mol. The van der Waals surface area contributed by atoms with Crippen LogP contribution >= 0.6 is 0 Å². The number of amides is 1. The van der Waals surface area contributed by atoms with E-state index in [9.17, 15) is 4.79 Å². The first-order chi connectivity index (χ1) is 9.51. The van der Waals surface area contributed by atoms with E-state index in [1.807, 2.05) is 20.0 Å². The molecular formula is C16H22N2O2. The second kappa shape index (κ2) is 6.09. The molecule has 4 nitrogen and oxygen atoms in total. The Bertz CT molecular complexity index is 616. The van der Waals surface area contributed by atoms with Crippen molar-refractivity contribution in [1.82, 2.24) is 10.6 Å². The lowest BCUT2D eigenvalue weighted by atomic mass is 10.0. The summed E-state index contributed by atoms with van der Waals surface area (Å²) in [5.41, 5.74) is 4.20. The van der Waals surface area contributed by atoms with Crippen LogP contribution in [0, 0.1) is 13.8 Å². The van der Waals surface area contributed by atoms with Crippen LogP contribution in [-0.2, 0) is 11.2 Å².